The molecule has 142 valence electrons. The molecule has 0 aliphatic carbocycles. The zero-order chi connectivity index (χ0) is 19.4. The molecule has 1 amide bonds. The summed E-state index contributed by atoms with van der Waals surface area (Å²) in [6.45, 7) is 7.13. The molecule has 0 unspecified atom stereocenters. The first-order valence-corrected chi connectivity index (χ1v) is 10.3. The third-order valence-corrected chi connectivity index (χ3v) is 6.36. The van der Waals surface area contributed by atoms with Crippen LogP contribution in [0.3, 0.4) is 0 Å². The summed E-state index contributed by atoms with van der Waals surface area (Å²) in [6, 6.07) is 10.6. The van der Waals surface area contributed by atoms with Crippen LogP contribution in [0.25, 0.3) is 10.2 Å². The van der Waals surface area contributed by atoms with Gasteiger partial charge < -0.3 is 4.90 Å². The predicted octanol–water partition coefficient (Wildman–Crippen LogP) is 4.25. The summed E-state index contributed by atoms with van der Waals surface area (Å²) >= 11 is 2.35. The molecule has 7 nitrogen and oxygen atoms in total. The maximum absolute atomic E-state index is 13.1. The van der Waals surface area contributed by atoms with Crippen LogP contribution in [-0.2, 0) is 0 Å². The summed E-state index contributed by atoms with van der Waals surface area (Å²) in [6.07, 6.45) is 0. The van der Waals surface area contributed by atoms with E-state index in [-0.39, 0.29) is 10.9 Å². The van der Waals surface area contributed by atoms with Gasteiger partial charge in [-0.05, 0) is 31.3 Å². The molecule has 0 spiro atoms. The summed E-state index contributed by atoms with van der Waals surface area (Å²) in [5, 5.41) is 11.5. The molecule has 9 heteroatoms. The van der Waals surface area contributed by atoms with Gasteiger partial charge in [-0.2, -0.15) is 0 Å². The summed E-state index contributed by atoms with van der Waals surface area (Å²) in [5.41, 5.74) is 0.843. The lowest BCUT2D eigenvalue weighted by molar-refractivity contribution is -0.380. The topological polar surface area (TPSA) is 79.6 Å². The molecule has 0 N–H and O–H groups in total. The van der Waals surface area contributed by atoms with E-state index in [0.717, 1.165) is 34.6 Å². The molecule has 0 bridgehead atoms. The first-order valence-electron chi connectivity index (χ1n) is 8.67. The van der Waals surface area contributed by atoms with Crippen molar-refractivity contribution in [2.24, 2.45) is 0 Å². The van der Waals surface area contributed by atoms with E-state index in [9.17, 15) is 14.9 Å². The minimum atomic E-state index is -0.473. The molecule has 0 radical (unpaired) electrons. The quantitative estimate of drug-likeness (QED) is 0.414. The van der Waals surface area contributed by atoms with Gasteiger partial charge in [-0.3, -0.25) is 19.8 Å². The van der Waals surface area contributed by atoms with Gasteiger partial charge in [0.15, 0.2) is 5.13 Å². The maximum Gasteiger partial charge on any atom is 0.324 e. The number of thiazole rings is 1. The molecule has 0 aliphatic rings. The van der Waals surface area contributed by atoms with E-state index in [1.54, 1.807) is 4.90 Å². The Balaban J connectivity index is 1.92. The molecule has 2 aromatic heterocycles. The van der Waals surface area contributed by atoms with Gasteiger partial charge in [0.25, 0.3) is 5.91 Å². The highest BCUT2D eigenvalue weighted by Crippen LogP contribution is 2.31. The number of nitro groups is 1. The number of anilines is 1. The van der Waals surface area contributed by atoms with Gasteiger partial charge >= 0.3 is 5.00 Å². The van der Waals surface area contributed by atoms with E-state index < -0.39 is 4.92 Å². The summed E-state index contributed by atoms with van der Waals surface area (Å²) < 4.78 is 1.00. The third kappa shape index (κ3) is 4.32. The van der Waals surface area contributed by atoms with Gasteiger partial charge in [-0.1, -0.05) is 48.7 Å². The fourth-order valence-electron chi connectivity index (χ4n) is 2.71. The van der Waals surface area contributed by atoms with Crippen LogP contribution in [0, 0.1) is 10.1 Å². The third-order valence-electron chi connectivity index (χ3n) is 4.28. The average molecular weight is 405 g/mol. The number of benzene rings is 1. The van der Waals surface area contributed by atoms with Crippen molar-refractivity contribution in [1.29, 1.82) is 0 Å². The second-order valence-electron chi connectivity index (χ2n) is 5.84. The lowest BCUT2D eigenvalue weighted by Crippen LogP contribution is -2.38. The number of hydrogen-bond donors (Lipinski definition) is 0. The largest absolute Gasteiger partial charge is 0.324 e. The first kappa shape index (κ1) is 19.4. The van der Waals surface area contributed by atoms with Crippen LogP contribution < -0.4 is 4.90 Å². The highest BCUT2D eigenvalue weighted by Gasteiger charge is 2.25. The van der Waals surface area contributed by atoms with Crippen molar-refractivity contribution < 1.29 is 9.72 Å². The van der Waals surface area contributed by atoms with E-state index in [2.05, 4.69) is 23.7 Å². The highest BCUT2D eigenvalue weighted by molar-refractivity contribution is 7.22. The average Bonchev–Trinajstić information content (AvgIpc) is 3.32. The van der Waals surface area contributed by atoms with Gasteiger partial charge in [0.2, 0.25) is 0 Å². The molecule has 2 heterocycles. The fourth-order valence-corrected chi connectivity index (χ4v) is 4.47. The zero-order valence-electron chi connectivity index (χ0n) is 15.1. The van der Waals surface area contributed by atoms with E-state index in [4.69, 9.17) is 0 Å². The van der Waals surface area contributed by atoms with Crippen molar-refractivity contribution in [2.45, 2.75) is 13.8 Å². The van der Waals surface area contributed by atoms with E-state index in [1.165, 1.54) is 23.5 Å². The molecule has 3 aromatic rings. The monoisotopic (exact) mass is 404 g/mol. The Morgan fingerprint density at radius 3 is 2.48 bits per heavy atom. The fraction of sp³-hybridized carbons (Fsp3) is 0.333. The number of fused-ring (bicyclic) bond motifs is 1. The number of carbonyl (C=O) groups is 1. The van der Waals surface area contributed by atoms with E-state index in [0.29, 0.717) is 23.1 Å². The second kappa shape index (κ2) is 8.55. The highest BCUT2D eigenvalue weighted by atomic mass is 32.1. The molecule has 0 aliphatic heterocycles. The minimum Gasteiger partial charge on any atom is -0.302 e. The number of carbonyl (C=O) groups excluding carboxylic acids is 1. The predicted molar refractivity (Wildman–Crippen MR) is 110 cm³/mol. The van der Waals surface area contributed by atoms with Gasteiger partial charge in [0.05, 0.1) is 20.0 Å². The Labute approximate surface area is 165 Å². The number of amides is 1. The summed E-state index contributed by atoms with van der Waals surface area (Å²) in [5.74, 6) is -0.251. The van der Waals surface area contributed by atoms with E-state index in [1.807, 2.05) is 24.3 Å². The van der Waals surface area contributed by atoms with Gasteiger partial charge in [-0.15, -0.1) is 0 Å². The Kier molecular flexibility index (Phi) is 6.15. The van der Waals surface area contributed by atoms with Crippen LogP contribution in [0.4, 0.5) is 10.1 Å². The lowest BCUT2D eigenvalue weighted by atomic mass is 10.3. The van der Waals surface area contributed by atoms with Crippen LogP contribution in [0.15, 0.2) is 36.4 Å². The standard InChI is InChI=1S/C18H20N4O3S2/c1-3-20(4-2)11-12-21(17(23)15-9-10-16(26-15)22(24)25)18-19-13-7-5-6-8-14(13)27-18/h5-10H,3-4,11-12H2,1-2H3. The molecule has 0 saturated heterocycles. The van der Waals surface area contributed by atoms with Crippen molar-refractivity contribution in [2.75, 3.05) is 31.1 Å². The molecule has 0 atom stereocenters. The molecular weight excluding hydrogens is 384 g/mol. The van der Waals surface area contributed by atoms with Crippen molar-refractivity contribution in [3.63, 3.8) is 0 Å². The van der Waals surface area contributed by atoms with Crippen LogP contribution in [-0.4, -0.2) is 46.9 Å². The van der Waals surface area contributed by atoms with Crippen molar-refractivity contribution in [3.8, 4) is 0 Å². The van der Waals surface area contributed by atoms with Crippen LogP contribution in [0.2, 0.25) is 0 Å². The van der Waals surface area contributed by atoms with Gasteiger partial charge in [0.1, 0.15) is 0 Å². The number of nitrogens with zero attached hydrogens (tertiary/aromatic N) is 4. The van der Waals surface area contributed by atoms with Crippen LogP contribution in [0.1, 0.15) is 23.5 Å². The zero-order valence-corrected chi connectivity index (χ0v) is 16.8. The van der Waals surface area contributed by atoms with Crippen LogP contribution >= 0.6 is 22.7 Å². The lowest BCUT2D eigenvalue weighted by Gasteiger charge is -2.24. The molecule has 3 rings (SSSR count). The molecule has 27 heavy (non-hydrogen) atoms. The molecule has 1 aromatic carbocycles. The summed E-state index contributed by atoms with van der Waals surface area (Å²) in [7, 11) is 0. The first-order chi connectivity index (χ1) is 13.0. The Hall–Kier alpha value is -2.36. The van der Waals surface area contributed by atoms with Crippen molar-refractivity contribution in [1.82, 2.24) is 9.88 Å². The van der Waals surface area contributed by atoms with Crippen molar-refractivity contribution >= 4 is 48.9 Å². The normalized spacial score (nSPS) is 11.2. The molecule has 0 saturated carbocycles. The summed E-state index contributed by atoms with van der Waals surface area (Å²) in [4.78, 5) is 32.4. The Bertz CT molecular complexity index is 916. The SMILES string of the molecule is CCN(CC)CCN(C(=O)c1ccc([N+](=O)[O-])s1)c1nc2ccccc2s1. The molecule has 0 fully saturated rings. The number of hydrogen-bond acceptors (Lipinski definition) is 7. The smallest absolute Gasteiger partial charge is 0.302 e. The maximum atomic E-state index is 13.1. The minimum absolute atomic E-state index is 0.0358. The number of para-hydroxylation sites is 1. The van der Waals surface area contributed by atoms with Crippen molar-refractivity contribution in [3.05, 3.63) is 51.4 Å². The molecular formula is C18H20N4O3S2. The Morgan fingerprint density at radius 2 is 1.85 bits per heavy atom. The van der Waals surface area contributed by atoms with Crippen LogP contribution in [0.5, 0.6) is 0 Å². The van der Waals surface area contributed by atoms with Gasteiger partial charge in [-0.25, -0.2) is 4.98 Å². The Morgan fingerprint density at radius 1 is 1.11 bits per heavy atom. The second-order valence-corrected chi connectivity index (χ2v) is 7.91. The number of likely N-dealkylation sites (N-methyl/N-ethyl adjacent to an activating group) is 1. The number of thiophene rings is 1. The number of rotatable bonds is 8. The van der Waals surface area contributed by atoms with E-state index >= 15 is 0 Å². The van der Waals surface area contributed by atoms with Gasteiger partial charge in [0, 0.05) is 19.2 Å². The number of aromatic nitrogens is 1.